The van der Waals surface area contributed by atoms with Gasteiger partial charge in [0.15, 0.2) is 0 Å². The lowest BCUT2D eigenvalue weighted by atomic mass is 10.1. The van der Waals surface area contributed by atoms with Gasteiger partial charge in [-0.1, -0.05) is 48.5 Å². The molecule has 0 saturated carbocycles. The first kappa shape index (κ1) is 20.5. The molecule has 4 rings (SSSR count). The van der Waals surface area contributed by atoms with Gasteiger partial charge in [-0.3, -0.25) is 9.59 Å². The van der Waals surface area contributed by atoms with Crippen LogP contribution in [0.3, 0.4) is 0 Å². The van der Waals surface area contributed by atoms with Crippen LogP contribution in [0.1, 0.15) is 5.56 Å². The van der Waals surface area contributed by atoms with Crippen molar-refractivity contribution >= 4 is 39.3 Å². The molecule has 1 saturated heterocycles. The molecule has 3 aromatic carbocycles. The van der Waals surface area contributed by atoms with Gasteiger partial charge in [0, 0.05) is 5.69 Å². The molecule has 0 aromatic heterocycles. The molecule has 1 unspecified atom stereocenters. The van der Waals surface area contributed by atoms with Crippen LogP contribution in [0.25, 0.3) is 6.08 Å². The summed E-state index contributed by atoms with van der Waals surface area (Å²) in [4.78, 5) is 27.5. The Morgan fingerprint density at radius 1 is 0.839 bits per heavy atom. The zero-order valence-corrected chi connectivity index (χ0v) is 17.1. The Morgan fingerprint density at radius 2 is 1.42 bits per heavy atom. The van der Waals surface area contributed by atoms with Crippen LogP contribution in [-0.4, -0.2) is 26.3 Å². The molecule has 1 atom stereocenters. The van der Waals surface area contributed by atoms with Crippen LogP contribution < -0.4 is 15.4 Å². The molecule has 1 aliphatic heterocycles. The van der Waals surface area contributed by atoms with Gasteiger partial charge in [0.25, 0.3) is 11.8 Å². The van der Waals surface area contributed by atoms with E-state index in [1.54, 1.807) is 36.4 Å². The maximum atomic E-state index is 13.2. The number of hydrogen-bond acceptors (Lipinski definition) is 5. The fraction of sp³-hybridized carbons (Fsp3) is 0.0435. The summed E-state index contributed by atoms with van der Waals surface area (Å²) in [6, 6.07) is 22.7. The predicted octanol–water partition coefficient (Wildman–Crippen LogP) is 2.77. The summed E-state index contributed by atoms with van der Waals surface area (Å²) in [6.07, 6.45) is 1.68. The van der Waals surface area contributed by atoms with Crippen molar-refractivity contribution in [1.29, 1.82) is 0 Å². The van der Waals surface area contributed by atoms with E-state index in [1.807, 2.05) is 30.3 Å². The number of anilines is 2. The lowest BCUT2D eigenvalue weighted by Gasteiger charge is -2.15. The lowest BCUT2D eigenvalue weighted by Crippen LogP contribution is -2.34. The molecule has 0 radical (unpaired) electrons. The topological polar surface area (TPSA) is 110 Å². The van der Waals surface area contributed by atoms with E-state index >= 15 is 0 Å². The molecule has 3 N–H and O–H groups in total. The highest BCUT2D eigenvalue weighted by atomic mass is 32.2. The minimum atomic E-state index is -3.83. The molecule has 3 aromatic rings. The van der Waals surface area contributed by atoms with E-state index in [2.05, 4.69) is 5.32 Å². The van der Waals surface area contributed by atoms with Crippen molar-refractivity contribution in [3.63, 3.8) is 0 Å². The van der Waals surface area contributed by atoms with Gasteiger partial charge in [-0.2, -0.15) is 0 Å². The van der Waals surface area contributed by atoms with Crippen molar-refractivity contribution in [3.05, 3.63) is 96.1 Å². The smallest absolute Gasteiger partial charge is 0.263 e. The first-order chi connectivity index (χ1) is 14.8. The Hall–Kier alpha value is -3.75. The van der Waals surface area contributed by atoms with Crippen LogP contribution in [0.2, 0.25) is 0 Å². The van der Waals surface area contributed by atoms with E-state index in [-0.39, 0.29) is 10.5 Å². The zero-order chi connectivity index (χ0) is 22.0. The van der Waals surface area contributed by atoms with Crippen molar-refractivity contribution in [2.45, 2.75) is 10.9 Å². The Morgan fingerprint density at radius 3 is 2.00 bits per heavy atom. The molecular weight excluding hydrogens is 414 g/mol. The molecular formula is C23H19N3O4S. The number of imide groups is 1. The average molecular weight is 433 g/mol. The van der Waals surface area contributed by atoms with Crippen molar-refractivity contribution in [2.24, 2.45) is 5.14 Å². The molecule has 31 heavy (non-hydrogen) atoms. The third-order valence-corrected chi connectivity index (χ3v) is 5.79. The highest BCUT2D eigenvalue weighted by Gasteiger charge is 2.44. The zero-order valence-electron chi connectivity index (χ0n) is 16.3. The summed E-state index contributed by atoms with van der Waals surface area (Å²) in [5.41, 5.74) is 2.03. The van der Waals surface area contributed by atoms with Crippen LogP contribution >= 0.6 is 0 Å². The maximum Gasteiger partial charge on any atom is 0.263 e. The monoisotopic (exact) mass is 433 g/mol. The minimum Gasteiger partial charge on any atom is -0.370 e. The molecule has 8 heteroatoms. The second kappa shape index (κ2) is 8.17. The van der Waals surface area contributed by atoms with E-state index in [9.17, 15) is 18.0 Å². The van der Waals surface area contributed by atoms with Crippen molar-refractivity contribution in [2.75, 3.05) is 10.2 Å². The molecule has 0 aliphatic carbocycles. The number of carbonyl (C=O) groups excluding carboxylic acids is 2. The largest absolute Gasteiger partial charge is 0.370 e. The Labute approximate surface area is 179 Å². The van der Waals surface area contributed by atoms with Gasteiger partial charge in [0.1, 0.15) is 6.04 Å². The maximum absolute atomic E-state index is 13.2. The van der Waals surface area contributed by atoms with Crippen LogP contribution in [0, 0.1) is 0 Å². The number of benzene rings is 3. The minimum absolute atomic E-state index is 0.0437. The molecule has 1 aliphatic rings. The standard InChI is InChI=1S/C23H19N3O4S/c24-31(29,30)19-13-11-17(12-14-19)25-21-20(15-16-7-3-1-4-8-16)22(27)26(23(21)28)18-9-5-2-6-10-18/h1-15,21,25H,(H2,24,29,30). The van der Waals surface area contributed by atoms with E-state index in [0.717, 1.165) is 10.5 Å². The van der Waals surface area contributed by atoms with Gasteiger partial charge in [-0.25, -0.2) is 18.5 Å². The summed E-state index contributed by atoms with van der Waals surface area (Å²) in [7, 11) is -3.83. The van der Waals surface area contributed by atoms with Gasteiger partial charge in [0.05, 0.1) is 16.2 Å². The normalized spacial score (nSPS) is 17.9. The SMILES string of the molecule is NS(=O)(=O)c1ccc(NC2C(=O)N(c3ccccc3)C(=O)C2=Cc2ccccc2)cc1. The number of nitrogens with zero attached hydrogens (tertiary/aromatic N) is 1. The molecule has 1 heterocycles. The van der Waals surface area contributed by atoms with Crippen LogP contribution in [-0.2, 0) is 19.6 Å². The number of primary sulfonamides is 1. The number of amides is 2. The van der Waals surface area contributed by atoms with Gasteiger partial charge in [0.2, 0.25) is 10.0 Å². The van der Waals surface area contributed by atoms with Gasteiger partial charge >= 0.3 is 0 Å². The Balaban J connectivity index is 1.73. The second-order valence-electron chi connectivity index (χ2n) is 6.97. The summed E-state index contributed by atoms with van der Waals surface area (Å²) >= 11 is 0. The molecule has 7 nitrogen and oxygen atoms in total. The molecule has 0 spiro atoms. The summed E-state index contributed by atoms with van der Waals surface area (Å²) in [5, 5.41) is 8.19. The van der Waals surface area contributed by atoms with Gasteiger partial charge < -0.3 is 5.32 Å². The van der Waals surface area contributed by atoms with Crippen LogP contribution in [0.5, 0.6) is 0 Å². The molecule has 1 fully saturated rings. The average Bonchev–Trinajstić information content (AvgIpc) is 2.99. The number of rotatable bonds is 5. The lowest BCUT2D eigenvalue weighted by molar-refractivity contribution is -0.121. The van der Waals surface area contributed by atoms with Crippen LogP contribution in [0.4, 0.5) is 11.4 Å². The second-order valence-corrected chi connectivity index (χ2v) is 8.53. The van der Waals surface area contributed by atoms with E-state index < -0.39 is 27.9 Å². The third kappa shape index (κ3) is 4.25. The molecule has 0 bridgehead atoms. The fourth-order valence-electron chi connectivity index (χ4n) is 3.36. The highest BCUT2D eigenvalue weighted by Crippen LogP contribution is 2.30. The fourth-order valence-corrected chi connectivity index (χ4v) is 3.87. The summed E-state index contributed by atoms with van der Waals surface area (Å²) in [6.45, 7) is 0. The Bertz CT molecular complexity index is 1260. The number of sulfonamides is 1. The van der Waals surface area contributed by atoms with E-state index in [1.165, 1.54) is 24.3 Å². The summed E-state index contributed by atoms with van der Waals surface area (Å²) in [5.74, 6) is -0.840. The highest BCUT2D eigenvalue weighted by molar-refractivity contribution is 7.89. The molecule has 156 valence electrons. The van der Waals surface area contributed by atoms with E-state index in [0.29, 0.717) is 11.4 Å². The van der Waals surface area contributed by atoms with Crippen molar-refractivity contribution in [1.82, 2.24) is 0 Å². The van der Waals surface area contributed by atoms with Crippen molar-refractivity contribution in [3.8, 4) is 0 Å². The number of hydrogen-bond donors (Lipinski definition) is 2. The van der Waals surface area contributed by atoms with Crippen molar-refractivity contribution < 1.29 is 18.0 Å². The number of nitrogens with one attached hydrogen (secondary N) is 1. The van der Waals surface area contributed by atoms with E-state index in [4.69, 9.17) is 5.14 Å². The number of para-hydroxylation sites is 1. The number of carbonyl (C=O) groups is 2. The van der Waals surface area contributed by atoms with Crippen LogP contribution in [0.15, 0.2) is 95.4 Å². The molecule has 2 amide bonds. The predicted molar refractivity (Wildman–Crippen MR) is 119 cm³/mol. The first-order valence-corrected chi connectivity index (χ1v) is 11.0. The van der Waals surface area contributed by atoms with Gasteiger partial charge in [-0.15, -0.1) is 0 Å². The third-order valence-electron chi connectivity index (χ3n) is 4.86. The first-order valence-electron chi connectivity index (χ1n) is 9.44. The number of nitrogens with two attached hydrogens (primary N) is 1. The quantitative estimate of drug-likeness (QED) is 0.475. The van der Waals surface area contributed by atoms with Gasteiger partial charge in [-0.05, 0) is 48.0 Å². The summed E-state index contributed by atoms with van der Waals surface area (Å²) < 4.78 is 23.0. The Kier molecular flexibility index (Phi) is 5.41.